The van der Waals surface area contributed by atoms with Crippen molar-refractivity contribution in [2.45, 2.75) is 62.2 Å². The molecule has 4 saturated carbocycles. The monoisotopic (exact) mass is 251 g/mol. The van der Waals surface area contributed by atoms with E-state index in [1.807, 2.05) is 0 Å². The maximum atomic E-state index is 11.9. The van der Waals surface area contributed by atoms with Crippen molar-refractivity contribution < 1.29 is 15.0 Å². The van der Waals surface area contributed by atoms with Crippen molar-refractivity contribution in [1.82, 2.24) is 5.32 Å². The first-order valence-electron chi connectivity index (χ1n) is 6.66. The van der Waals surface area contributed by atoms with Crippen LogP contribution in [0.25, 0.3) is 0 Å². The summed E-state index contributed by atoms with van der Waals surface area (Å²) in [5.74, 6) is 0.158. The second kappa shape index (κ2) is 3.36. The lowest BCUT2D eigenvalue weighted by atomic mass is 9.49. The summed E-state index contributed by atoms with van der Waals surface area (Å²) in [6, 6.07) is 0. The zero-order valence-corrected chi connectivity index (χ0v) is 10.8. The molecule has 100 valence electrons. The summed E-state index contributed by atoms with van der Waals surface area (Å²) in [5, 5.41) is 24.1. The number of carbonyl (C=O) groups is 1. The lowest BCUT2D eigenvalue weighted by molar-refractivity contribution is -0.211. The van der Waals surface area contributed by atoms with E-state index >= 15 is 0 Å². The van der Waals surface area contributed by atoms with Crippen molar-refractivity contribution in [1.29, 1.82) is 0 Å². The van der Waals surface area contributed by atoms with Crippen LogP contribution in [-0.4, -0.2) is 32.9 Å². The van der Waals surface area contributed by atoms with Crippen LogP contribution >= 0.6 is 0 Å². The van der Waals surface area contributed by atoms with Crippen molar-refractivity contribution >= 4 is 5.91 Å². The zero-order chi connectivity index (χ0) is 13.2. The average Bonchev–Trinajstić information content (AvgIpc) is 2.09. The topological polar surface area (TPSA) is 69.6 Å². The van der Waals surface area contributed by atoms with Crippen LogP contribution in [0.15, 0.2) is 12.2 Å². The van der Waals surface area contributed by atoms with Crippen LogP contribution in [0.4, 0.5) is 0 Å². The van der Waals surface area contributed by atoms with E-state index in [1.165, 1.54) is 0 Å². The highest BCUT2D eigenvalue weighted by Crippen LogP contribution is 2.59. The molecule has 0 saturated heterocycles. The van der Waals surface area contributed by atoms with Gasteiger partial charge in [-0.2, -0.15) is 0 Å². The van der Waals surface area contributed by atoms with Gasteiger partial charge in [-0.3, -0.25) is 4.79 Å². The molecule has 0 aromatic carbocycles. The van der Waals surface area contributed by atoms with E-state index in [0.717, 1.165) is 19.3 Å². The Morgan fingerprint density at radius 3 is 2.17 bits per heavy atom. The van der Waals surface area contributed by atoms with E-state index in [2.05, 4.69) is 11.9 Å². The van der Waals surface area contributed by atoms with Crippen molar-refractivity contribution in [3.8, 4) is 0 Å². The van der Waals surface area contributed by atoms with Crippen LogP contribution in [0, 0.1) is 5.92 Å². The molecule has 0 radical (unpaired) electrons. The molecule has 2 atom stereocenters. The van der Waals surface area contributed by atoms with Crippen LogP contribution in [0.1, 0.15) is 45.4 Å². The minimum atomic E-state index is -0.795. The Bertz CT molecular complexity index is 413. The Labute approximate surface area is 107 Å². The molecule has 1 amide bonds. The van der Waals surface area contributed by atoms with Gasteiger partial charge in [0.05, 0.1) is 11.2 Å². The average molecular weight is 251 g/mol. The summed E-state index contributed by atoms with van der Waals surface area (Å²) >= 11 is 0. The molecule has 4 fully saturated rings. The van der Waals surface area contributed by atoms with E-state index < -0.39 is 16.7 Å². The van der Waals surface area contributed by atoms with Crippen LogP contribution in [0.2, 0.25) is 0 Å². The molecule has 0 aliphatic heterocycles. The second-order valence-electron chi connectivity index (χ2n) is 6.97. The van der Waals surface area contributed by atoms with Gasteiger partial charge in [0.2, 0.25) is 5.91 Å². The molecule has 0 heterocycles. The molecule has 2 unspecified atom stereocenters. The molecule has 4 aliphatic carbocycles. The van der Waals surface area contributed by atoms with E-state index in [4.69, 9.17) is 0 Å². The summed E-state index contributed by atoms with van der Waals surface area (Å²) < 4.78 is 0. The Kier molecular flexibility index (Phi) is 2.28. The molecule has 4 heteroatoms. The first kappa shape index (κ1) is 12.2. The highest BCUT2D eigenvalue weighted by molar-refractivity contribution is 5.92. The summed E-state index contributed by atoms with van der Waals surface area (Å²) in [5.41, 5.74) is -1.55. The van der Waals surface area contributed by atoms with Crippen LogP contribution in [0.5, 0.6) is 0 Å². The van der Waals surface area contributed by atoms with Gasteiger partial charge >= 0.3 is 0 Å². The molecule has 4 aliphatic rings. The highest BCUT2D eigenvalue weighted by Gasteiger charge is 2.63. The molecular weight excluding hydrogens is 230 g/mol. The number of hydrogen-bond acceptors (Lipinski definition) is 3. The van der Waals surface area contributed by atoms with Gasteiger partial charge in [0.1, 0.15) is 0 Å². The van der Waals surface area contributed by atoms with E-state index in [9.17, 15) is 15.0 Å². The van der Waals surface area contributed by atoms with Crippen molar-refractivity contribution in [3.05, 3.63) is 12.2 Å². The fourth-order valence-corrected chi connectivity index (χ4v) is 4.82. The van der Waals surface area contributed by atoms with Crippen molar-refractivity contribution in [2.75, 3.05) is 0 Å². The molecule has 18 heavy (non-hydrogen) atoms. The third-order valence-corrected chi connectivity index (χ3v) is 4.78. The number of amides is 1. The van der Waals surface area contributed by atoms with Gasteiger partial charge in [-0.05, 0) is 44.9 Å². The molecule has 4 rings (SSSR count). The largest absolute Gasteiger partial charge is 0.390 e. The van der Waals surface area contributed by atoms with Crippen LogP contribution in [0.3, 0.4) is 0 Å². The normalized spacial score (nSPS) is 49.2. The fraction of sp³-hybridized carbons (Fsp3) is 0.786. The fourth-order valence-electron chi connectivity index (χ4n) is 4.82. The predicted molar refractivity (Wildman–Crippen MR) is 66.8 cm³/mol. The Morgan fingerprint density at radius 1 is 1.17 bits per heavy atom. The summed E-state index contributed by atoms with van der Waals surface area (Å²) in [6.07, 6.45) is 3.99. The molecule has 0 spiro atoms. The summed E-state index contributed by atoms with van der Waals surface area (Å²) in [4.78, 5) is 11.9. The standard InChI is InChI=1S/C14H21NO3/c1-9(2)11(16)15-12-3-10-4-13(17,6-12)8-14(18,5-10)7-12/h10,17-18H,1,3-8H2,2H3,(H,15,16). The summed E-state index contributed by atoms with van der Waals surface area (Å²) in [6.45, 7) is 5.33. The van der Waals surface area contributed by atoms with Gasteiger partial charge in [-0.15, -0.1) is 0 Å². The quantitative estimate of drug-likeness (QED) is 0.638. The van der Waals surface area contributed by atoms with Gasteiger partial charge < -0.3 is 15.5 Å². The SMILES string of the molecule is C=C(C)C(=O)NC12CC3CC(O)(CC(O)(C3)C1)C2. The summed E-state index contributed by atoms with van der Waals surface area (Å²) in [7, 11) is 0. The predicted octanol–water partition coefficient (Wildman–Crippen LogP) is 0.877. The maximum Gasteiger partial charge on any atom is 0.246 e. The van der Waals surface area contributed by atoms with Gasteiger partial charge in [0, 0.05) is 17.5 Å². The number of nitrogens with one attached hydrogen (secondary N) is 1. The first-order chi connectivity index (χ1) is 8.23. The Morgan fingerprint density at radius 2 is 1.72 bits per heavy atom. The van der Waals surface area contributed by atoms with Gasteiger partial charge in [0.25, 0.3) is 0 Å². The van der Waals surface area contributed by atoms with E-state index in [-0.39, 0.29) is 5.91 Å². The van der Waals surface area contributed by atoms with Gasteiger partial charge in [0.15, 0.2) is 0 Å². The number of aliphatic hydroxyl groups is 2. The highest BCUT2D eigenvalue weighted by atomic mass is 16.3. The van der Waals surface area contributed by atoms with E-state index in [1.54, 1.807) is 6.92 Å². The molecule has 0 aromatic rings. The minimum absolute atomic E-state index is 0.163. The number of rotatable bonds is 2. The number of carbonyl (C=O) groups excluding carboxylic acids is 1. The van der Waals surface area contributed by atoms with Crippen LogP contribution in [-0.2, 0) is 4.79 Å². The Hall–Kier alpha value is -0.870. The molecule has 4 bridgehead atoms. The van der Waals surface area contributed by atoms with Gasteiger partial charge in [-0.1, -0.05) is 6.58 Å². The molecular formula is C14H21NO3. The molecule has 3 N–H and O–H groups in total. The maximum absolute atomic E-state index is 11.9. The third kappa shape index (κ3) is 1.79. The smallest absolute Gasteiger partial charge is 0.246 e. The van der Waals surface area contributed by atoms with E-state index in [0.29, 0.717) is 30.8 Å². The zero-order valence-electron chi connectivity index (χ0n) is 10.8. The lowest BCUT2D eigenvalue weighted by Gasteiger charge is -2.63. The molecule has 0 aromatic heterocycles. The third-order valence-electron chi connectivity index (χ3n) is 4.78. The minimum Gasteiger partial charge on any atom is -0.390 e. The number of hydrogen-bond donors (Lipinski definition) is 3. The second-order valence-corrected chi connectivity index (χ2v) is 6.97. The van der Waals surface area contributed by atoms with Crippen molar-refractivity contribution in [3.63, 3.8) is 0 Å². The van der Waals surface area contributed by atoms with Crippen molar-refractivity contribution in [2.24, 2.45) is 5.92 Å². The lowest BCUT2D eigenvalue weighted by Crippen LogP contribution is -2.70. The molecule has 4 nitrogen and oxygen atoms in total. The van der Waals surface area contributed by atoms with Gasteiger partial charge in [-0.25, -0.2) is 0 Å². The Balaban J connectivity index is 1.89. The first-order valence-corrected chi connectivity index (χ1v) is 6.66. The van der Waals surface area contributed by atoms with Crippen LogP contribution < -0.4 is 5.32 Å².